The van der Waals surface area contributed by atoms with Crippen LogP contribution in [0.3, 0.4) is 0 Å². The first-order valence-corrected chi connectivity index (χ1v) is 9.86. The molecule has 2 rings (SSSR count). The van der Waals surface area contributed by atoms with Crippen LogP contribution in [0.2, 0.25) is 0 Å². The normalized spacial score (nSPS) is 13.8. The standard InChI is InChI=1S/C21H31N3O2/c1-3-12-24(13-4-2)21(26)19-14-18(15-22-16-19)20(25)23-11-10-17-8-6-5-7-9-17/h8,14-16H,3-7,9-13H2,1-2H3,(H,23,25). The van der Waals surface area contributed by atoms with Crippen molar-refractivity contribution in [3.05, 3.63) is 41.2 Å². The second-order valence-electron chi connectivity index (χ2n) is 6.87. The van der Waals surface area contributed by atoms with E-state index in [4.69, 9.17) is 0 Å². The number of rotatable bonds is 9. The Morgan fingerprint density at radius 3 is 2.50 bits per heavy atom. The van der Waals surface area contributed by atoms with Gasteiger partial charge in [0.1, 0.15) is 0 Å². The molecule has 0 aromatic carbocycles. The van der Waals surface area contributed by atoms with Crippen molar-refractivity contribution < 1.29 is 9.59 Å². The molecule has 1 aliphatic rings. The Hall–Kier alpha value is -2.17. The molecule has 0 saturated carbocycles. The minimum absolute atomic E-state index is 0.0526. The molecule has 1 N–H and O–H groups in total. The van der Waals surface area contributed by atoms with Gasteiger partial charge in [-0.2, -0.15) is 0 Å². The molecule has 5 nitrogen and oxygen atoms in total. The molecule has 0 aliphatic heterocycles. The van der Waals surface area contributed by atoms with Crippen molar-refractivity contribution in [2.75, 3.05) is 19.6 Å². The maximum atomic E-state index is 12.7. The number of pyridine rings is 1. The van der Waals surface area contributed by atoms with Gasteiger partial charge in [-0.15, -0.1) is 0 Å². The lowest BCUT2D eigenvalue weighted by atomic mass is 9.97. The summed E-state index contributed by atoms with van der Waals surface area (Å²) in [6.07, 6.45) is 12.9. The van der Waals surface area contributed by atoms with Crippen molar-refractivity contribution in [1.82, 2.24) is 15.2 Å². The number of allylic oxidation sites excluding steroid dienone is 1. The van der Waals surface area contributed by atoms with Crippen molar-refractivity contribution >= 4 is 11.8 Å². The summed E-state index contributed by atoms with van der Waals surface area (Å²) < 4.78 is 0. The summed E-state index contributed by atoms with van der Waals surface area (Å²) in [5.74, 6) is -0.218. The zero-order valence-corrected chi connectivity index (χ0v) is 16.1. The average Bonchev–Trinajstić information content (AvgIpc) is 2.68. The van der Waals surface area contributed by atoms with Gasteiger partial charge < -0.3 is 10.2 Å². The van der Waals surface area contributed by atoms with Crippen LogP contribution in [0.15, 0.2) is 30.1 Å². The first kappa shape index (κ1) is 20.1. The highest BCUT2D eigenvalue weighted by molar-refractivity contribution is 5.99. The first-order chi connectivity index (χ1) is 12.7. The summed E-state index contributed by atoms with van der Waals surface area (Å²) in [6.45, 7) is 6.18. The molecule has 1 aliphatic carbocycles. The molecule has 26 heavy (non-hydrogen) atoms. The van der Waals surface area contributed by atoms with Gasteiger partial charge in [0.25, 0.3) is 11.8 Å². The van der Waals surface area contributed by atoms with E-state index < -0.39 is 0 Å². The van der Waals surface area contributed by atoms with E-state index in [2.05, 4.69) is 30.2 Å². The number of aromatic nitrogens is 1. The molecule has 1 heterocycles. The van der Waals surface area contributed by atoms with Crippen molar-refractivity contribution in [2.45, 2.75) is 58.8 Å². The third-order valence-electron chi connectivity index (χ3n) is 4.64. The van der Waals surface area contributed by atoms with Gasteiger partial charge in [0.05, 0.1) is 11.1 Å². The number of nitrogens with one attached hydrogen (secondary N) is 1. The second kappa shape index (κ2) is 10.7. The summed E-state index contributed by atoms with van der Waals surface area (Å²) in [6, 6.07) is 1.66. The van der Waals surface area contributed by atoms with E-state index in [-0.39, 0.29) is 11.8 Å². The number of amides is 2. The third kappa shape index (κ3) is 5.97. The van der Waals surface area contributed by atoms with Crippen LogP contribution in [0.5, 0.6) is 0 Å². The number of carbonyl (C=O) groups excluding carboxylic acids is 2. The summed E-state index contributed by atoms with van der Waals surface area (Å²) in [5.41, 5.74) is 2.37. The van der Waals surface area contributed by atoms with E-state index in [1.165, 1.54) is 24.6 Å². The Labute approximate surface area is 156 Å². The van der Waals surface area contributed by atoms with Gasteiger partial charge in [0.2, 0.25) is 0 Å². The van der Waals surface area contributed by atoms with Gasteiger partial charge in [-0.05, 0) is 51.0 Å². The lowest BCUT2D eigenvalue weighted by molar-refractivity contribution is 0.0755. The van der Waals surface area contributed by atoms with E-state index in [0.29, 0.717) is 17.7 Å². The van der Waals surface area contributed by atoms with Crippen LogP contribution >= 0.6 is 0 Å². The van der Waals surface area contributed by atoms with E-state index in [9.17, 15) is 9.59 Å². The van der Waals surface area contributed by atoms with Gasteiger partial charge >= 0.3 is 0 Å². The summed E-state index contributed by atoms with van der Waals surface area (Å²) >= 11 is 0. The molecule has 0 saturated heterocycles. The Kier molecular flexibility index (Phi) is 8.32. The van der Waals surface area contributed by atoms with Gasteiger partial charge in [-0.25, -0.2) is 0 Å². The van der Waals surface area contributed by atoms with Crippen LogP contribution in [0, 0.1) is 0 Å². The highest BCUT2D eigenvalue weighted by Crippen LogP contribution is 2.19. The fourth-order valence-corrected chi connectivity index (χ4v) is 3.29. The molecule has 0 unspecified atom stereocenters. The number of hydrogen-bond donors (Lipinski definition) is 1. The highest BCUT2D eigenvalue weighted by atomic mass is 16.2. The predicted octanol–water partition coefficient (Wildman–Crippen LogP) is 3.96. The average molecular weight is 357 g/mol. The molecule has 1 aromatic rings. The summed E-state index contributed by atoms with van der Waals surface area (Å²) in [5, 5.41) is 2.95. The van der Waals surface area contributed by atoms with Crippen LogP contribution in [-0.2, 0) is 0 Å². The maximum absolute atomic E-state index is 12.7. The summed E-state index contributed by atoms with van der Waals surface area (Å²) in [7, 11) is 0. The number of nitrogens with zero attached hydrogens (tertiary/aromatic N) is 2. The van der Waals surface area contributed by atoms with Crippen molar-refractivity contribution in [3.63, 3.8) is 0 Å². The number of hydrogen-bond acceptors (Lipinski definition) is 3. The van der Waals surface area contributed by atoms with Crippen molar-refractivity contribution in [2.24, 2.45) is 0 Å². The molecule has 142 valence electrons. The molecule has 0 bridgehead atoms. The molecule has 0 atom stereocenters. The van der Waals surface area contributed by atoms with E-state index in [1.54, 1.807) is 12.3 Å². The largest absolute Gasteiger partial charge is 0.352 e. The molecule has 1 aromatic heterocycles. The molecular weight excluding hydrogens is 326 g/mol. The third-order valence-corrected chi connectivity index (χ3v) is 4.64. The zero-order chi connectivity index (χ0) is 18.8. The first-order valence-electron chi connectivity index (χ1n) is 9.86. The van der Waals surface area contributed by atoms with Crippen LogP contribution in [0.1, 0.15) is 79.5 Å². The Morgan fingerprint density at radius 2 is 1.85 bits per heavy atom. The zero-order valence-electron chi connectivity index (χ0n) is 16.1. The van der Waals surface area contributed by atoms with Crippen LogP contribution in [0.25, 0.3) is 0 Å². The van der Waals surface area contributed by atoms with Gasteiger partial charge in [-0.1, -0.05) is 25.5 Å². The topological polar surface area (TPSA) is 62.3 Å². The van der Waals surface area contributed by atoms with E-state index in [0.717, 1.165) is 45.2 Å². The fraction of sp³-hybridized carbons (Fsp3) is 0.571. The van der Waals surface area contributed by atoms with E-state index >= 15 is 0 Å². The molecule has 0 spiro atoms. The maximum Gasteiger partial charge on any atom is 0.255 e. The van der Waals surface area contributed by atoms with Crippen molar-refractivity contribution in [1.29, 1.82) is 0 Å². The molecule has 0 radical (unpaired) electrons. The Bertz CT molecular complexity index is 634. The summed E-state index contributed by atoms with van der Waals surface area (Å²) in [4.78, 5) is 31.0. The lowest BCUT2D eigenvalue weighted by Crippen LogP contribution is -2.33. The monoisotopic (exact) mass is 357 g/mol. The van der Waals surface area contributed by atoms with Crippen LogP contribution in [0.4, 0.5) is 0 Å². The quantitative estimate of drug-likeness (QED) is 0.680. The van der Waals surface area contributed by atoms with Gasteiger partial charge in [0.15, 0.2) is 0 Å². The fourth-order valence-electron chi connectivity index (χ4n) is 3.29. The predicted molar refractivity (Wildman–Crippen MR) is 104 cm³/mol. The van der Waals surface area contributed by atoms with Gasteiger partial charge in [-0.3, -0.25) is 14.6 Å². The molecule has 2 amide bonds. The minimum atomic E-state index is -0.166. The molecular formula is C21H31N3O2. The molecule has 0 fully saturated rings. The van der Waals surface area contributed by atoms with Gasteiger partial charge in [0, 0.05) is 32.0 Å². The van der Waals surface area contributed by atoms with Crippen LogP contribution < -0.4 is 5.32 Å². The second-order valence-corrected chi connectivity index (χ2v) is 6.87. The van der Waals surface area contributed by atoms with Crippen LogP contribution in [-0.4, -0.2) is 41.3 Å². The Morgan fingerprint density at radius 1 is 1.12 bits per heavy atom. The highest BCUT2D eigenvalue weighted by Gasteiger charge is 2.16. The number of carbonyl (C=O) groups is 2. The van der Waals surface area contributed by atoms with Crippen molar-refractivity contribution in [3.8, 4) is 0 Å². The minimum Gasteiger partial charge on any atom is -0.352 e. The SMILES string of the molecule is CCCN(CCC)C(=O)c1cncc(C(=O)NCCC2=CCCCC2)c1. The Balaban J connectivity index is 1.95. The smallest absolute Gasteiger partial charge is 0.255 e. The van der Waals surface area contributed by atoms with E-state index in [1.807, 2.05) is 4.90 Å². The molecule has 5 heteroatoms. The lowest BCUT2D eigenvalue weighted by Gasteiger charge is -2.21.